The summed E-state index contributed by atoms with van der Waals surface area (Å²) in [7, 11) is -3.68. The lowest BCUT2D eigenvalue weighted by Crippen LogP contribution is -2.48. The molecule has 0 aliphatic carbocycles. The smallest absolute Gasteiger partial charge is 0.251 e. The SMILES string of the molecule is CCNS(=O)(=O)c1ccc(C(=O)NC(Cc2cc(F)cc(F)c2)C(O)CNCc2cccc(CC)c2)cc1. The zero-order valence-electron chi connectivity index (χ0n) is 21.4. The van der Waals surface area contributed by atoms with Crippen LogP contribution in [0.3, 0.4) is 0 Å². The third kappa shape index (κ3) is 8.42. The van der Waals surface area contributed by atoms with Gasteiger partial charge < -0.3 is 15.7 Å². The summed E-state index contributed by atoms with van der Waals surface area (Å²) in [6.45, 7) is 4.55. The van der Waals surface area contributed by atoms with Gasteiger partial charge in [-0.15, -0.1) is 0 Å². The topological polar surface area (TPSA) is 108 Å². The van der Waals surface area contributed by atoms with Gasteiger partial charge in [0.15, 0.2) is 0 Å². The number of sulfonamides is 1. The van der Waals surface area contributed by atoms with E-state index in [0.29, 0.717) is 6.54 Å². The van der Waals surface area contributed by atoms with Gasteiger partial charge in [0.1, 0.15) is 11.6 Å². The summed E-state index contributed by atoms with van der Waals surface area (Å²) in [5.41, 5.74) is 2.67. The van der Waals surface area contributed by atoms with Crippen molar-refractivity contribution >= 4 is 15.9 Å². The van der Waals surface area contributed by atoms with Crippen molar-refractivity contribution in [2.24, 2.45) is 0 Å². The molecule has 204 valence electrons. The van der Waals surface area contributed by atoms with Gasteiger partial charge in [0.25, 0.3) is 5.91 Å². The highest BCUT2D eigenvalue weighted by Gasteiger charge is 2.23. The van der Waals surface area contributed by atoms with Crippen LogP contribution in [0.25, 0.3) is 0 Å². The molecule has 2 atom stereocenters. The second kappa shape index (κ2) is 13.6. The molecule has 0 radical (unpaired) electrons. The van der Waals surface area contributed by atoms with Crippen LogP contribution in [-0.4, -0.2) is 44.7 Å². The van der Waals surface area contributed by atoms with E-state index >= 15 is 0 Å². The zero-order chi connectivity index (χ0) is 27.7. The molecule has 0 saturated heterocycles. The lowest BCUT2D eigenvalue weighted by molar-refractivity contribution is 0.0829. The van der Waals surface area contributed by atoms with Gasteiger partial charge in [-0.1, -0.05) is 38.1 Å². The van der Waals surface area contributed by atoms with E-state index in [2.05, 4.69) is 28.3 Å². The molecule has 7 nitrogen and oxygen atoms in total. The molecule has 0 heterocycles. The second-order valence-corrected chi connectivity index (χ2v) is 10.7. The number of hydrogen-bond acceptors (Lipinski definition) is 5. The number of rotatable bonds is 13. The maximum atomic E-state index is 13.8. The number of aliphatic hydroxyl groups is 1. The van der Waals surface area contributed by atoms with Gasteiger partial charge in [0.05, 0.1) is 17.0 Å². The van der Waals surface area contributed by atoms with Crippen molar-refractivity contribution in [1.29, 1.82) is 0 Å². The molecular formula is C28H33F2N3O4S. The molecular weight excluding hydrogens is 512 g/mol. The van der Waals surface area contributed by atoms with Crippen molar-refractivity contribution in [3.05, 3.63) is 101 Å². The number of hydrogen-bond donors (Lipinski definition) is 4. The molecule has 3 aromatic carbocycles. The molecule has 0 aliphatic heterocycles. The molecule has 0 aromatic heterocycles. The van der Waals surface area contributed by atoms with E-state index in [1.54, 1.807) is 6.92 Å². The van der Waals surface area contributed by atoms with E-state index in [0.717, 1.165) is 30.2 Å². The largest absolute Gasteiger partial charge is 0.390 e. The predicted octanol–water partition coefficient (Wildman–Crippen LogP) is 3.32. The van der Waals surface area contributed by atoms with Gasteiger partial charge in [-0.25, -0.2) is 21.9 Å². The van der Waals surface area contributed by atoms with Gasteiger partial charge in [-0.2, -0.15) is 0 Å². The summed E-state index contributed by atoms with van der Waals surface area (Å²) >= 11 is 0. The fourth-order valence-electron chi connectivity index (χ4n) is 4.04. The Labute approximate surface area is 222 Å². The fraction of sp³-hybridized carbons (Fsp3) is 0.321. The Bertz CT molecular complexity index is 1310. The normalized spacial score (nSPS) is 13.2. The first kappa shape index (κ1) is 29.4. The van der Waals surface area contributed by atoms with Crippen LogP contribution in [0.5, 0.6) is 0 Å². The molecule has 38 heavy (non-hydrogen) atoms. The molecule has 0 fully saturated rings. The van der Waals surface area contributed by atoms with E-state index in [1.807, 2.05) is 18.2 Å². The highest BCUT2D eigenvalue weighted by molar-refractivity contribution is 7.89. The predicted molar refractivity (Wildman–Crippen MR) is 142 cm³/mol. The van der Waals surface area contributed by atoms with Crippen LogP contribution in [-0.2, 0) is 29.4 Å². The first-order chi connectivity index (χ1) is 18.1. The molecule has 3 aromatic rings. The summed E-state index contributed by atoms with van der Waals surface area (Å²) in [5, 5.41) is 16.8. The van der Waals surface area contributed by atoms with Gasteiger partial charge in [0, 0.05) is 31.3 Å². The Morgan fingerprint density at radius 2 is 1.58 bits per heavy atom. The van der Waals surface area contributed by atoms with Crippen LogP contribution in [0.15, 0.2) is 71.6 Å². The summed E-state index contributed by atoms with van der Waals surface area (Å²) in [5.74, 6) is -2.08. The molecule has 0 saturated carbocycles. The Hall–Kier alpha value is -3.18. The van der Waals surface area contributed by atoms with Crippen LogP contribution >= 0.6 is 0 Å². The fourth-order valence-corrected chi connectivity index (χ4v) is 5.08. The molecule has 3 rings (SSSR count). The minimum absolute atomic E-state index is 0.0130. The number of carbonyl (C=O) groups is 1. The third-order valence-electron chi connectivity index (χ3n) is 6.00. The molecule has 0 aliphatic rings. The van der Waals surface area contributed by atoms with Crippen molar-refractivity contribution in [2.75, 3.05) is 13.1 Å². The van der Waals surface area contributed by atoms with Gasteiger partial charge >= 0.3 is 0 Å². The quantitative estimate of drug-likeness (QED) is 0.264. The molecule has 0 spiro atoms. The van der Waals surface area contributed by atoms with Gasteiger partial charge in [-0.3, -0.25) is 4.79 Å². The number of carbonyl (C=O) groups excluding carboxylic acids is 1. The minimum Gasteiger partial charge on any atom is -0.390 e. The Morgan fingerprint density at radius 1 is 0.921 bits per heavy atom. The number of aryl methyl sites for hydroxylation is 1. The maximum Gasteiger partial charge on any atom is 0.251 e. The standard InChI is InChI=1S/C28H33F2N3O4S/c1-3-19-6-5-7-20(12-19)17-31-18-27(34)26(15-21-13-23(29)16-24(30)14-21)33-28(35)22-8-10-25(11-9-22)38(36,37)32-4-2/h5-14,16,26-27,31-32,34H,3-4,15,17-18H2,1-2H3,(H,33,35). The first-order valence-corrected chi connectivity index (χ1v) is 13.9. The van der Waals surface area contributed by atoms with Crippen LogP contribution in [0.4, 0.5) is 8.78 Å². The van der Waals surface area contributed by atoms with Crippen molar-refractivity contribution in [3.63, 3.8) is 0 Å². The molecule has 10 heteroatoms. The van der Waals surface area contributed by atoms with Crippen molar-refractivity contribution in [3.8, 4) is 0 Å². The van der Waals surface area contributed by atoms with Gasteiger partial charge in [0.2, 0.25) is 10.0 Å². The molecule has 4 N–H and O–H groups in total. The van der Waals surface area contributed by atoms with Crippen molar-refractivity contribution < 1.29 is 27.1 Å². The van der Waals surface area contributed by atoms with Crippen LogP contribution in [0.1, 0.15) is 40.9 Å². The lowest BCUT2D eigenvalue weighted by Gasteiger charge is -2.25. The summed E-state index contributed by atoms with van der Waals surface area (Å²) in [6.07, 6.45) is -0.217. The van der Waals surface area contributed by atoms with E-state index in [-0.39, 0.29) is 35.5 Å². The number of amides is 1. The van der Waals surface area contributed by atoms with Crippen molar-refractivity contribution in [1.82, 2.24) is 15.4 Å². The maximum absolute atomic E-state index is 13.8. The number of halogens is 2. The zero-order valence-corrected chi connectivity index (χ0v) is 22.2. The summed E-state index contributed by atoms with van der Waals surface area (Å²) in [4.78, 5) is 13.0. The average molecular weight is 546 g/mol. The molecule has 2 unspecified atom stereocenters. The number of aliphatic hydroxyl groups excluding tert-OH is 1. The van der Waals surface area contributed by atoms with Crippen LogP contribution in [0.2, 0.25) is 0 Å². The van der Waals surface area contributed by atoms with E-state index < -0.39 is 39.7 Å². The highest BCUT2D eigenvalue weighted by atomic mass is 32.2. The third-order valence-corrected chi connectivity index (χ3v) is 7.56. The Balaban J connectivity index is 1.73. The van der Waals surface area contributed by atoms with Crippen molar-refractivity contribution in [2.45, 2.75) is 50.3 Å². The van der Waals surface area contributed by atoms with Crippen LogP contribution < -0.4 is 15.4 Å². The molecule has 0 bridgehead atoms. The van der Waals surface area contributed by atoms with E-state index in [4.69, 9.17) is 0 Å². The van der Waals surface area contributed by atoms with E-state index in [1.165, 1.54) is 29.8 Å². The Morgan fingerprint density at radius 3 is 2.21 bits per heavy atom. The number of benzene rings is 3. The first-order valence-electron chi connectivity index (χ1n) is 12.4. The highest BCUT2D eigenvalue weighted by Crippen LogP contribution is 2.14. The average Bonchev–Trinajstić information content (AvgIpc) is 2.88. The minimum atomic E-state index is -3.68. The summed E-state index contributed by atoms with van der Waals surface area (Å²) in [6, 6.07) is 15.5. The Kier molecular flexibility index (Phi) is 10.5. The number of nitrogens with one attached hydrogen (secondary N) is 3. The second-order valence-electron chi connectivity index (χ2n) is 8.96. The molecule has 1 amide bonds. The van der Waals surface area contributed by atoms with Crippen LogP contribution in [0, 0.1) is 11.6 Å². The summed E-state index contributed by atoms with van der Waals surface area (Å²) < 4.78 is 54.3. The van der Waals surface area contributed by atoms with E-state index in [9.17, 15) is 27.1 Å². The monoisotopic (exact) mass is 545 g/mol. The lowest BCUT2D eigenvalue weighted by atomic mass is 10.00. The van der Waals surface area contributed by atoms with Gasteiger partial charge in [-0.05, 0) is 65.9 Å².